The quantitative estimate of drug-likeness (QED) is 0.924. The molecule has 0 saturated carbocycles. The number of anilines is 1. The molecule has 114 valence electrons. The van der Waals surface area contributed by atoms with Crippen molar-refractivity contribution in [1.82, 2.24) is 4.90 Å². The van der Waals surface area contributed by atoms with Gasteiger partial charge in [0, 0.05) is 30.9 Å². The van der Waals surface area contributed by atoms with Gasteiger partial charge < -0.3 is 14.9 Å². The maximum absolute atomic E-state index is 9.95. The third-order valence-corrected chi connectivity index (χ3v) is 4.19. The van der Waals surface area contributed by atoms with Gasteiger partial charge in [0.15, 0.2) is 0 Å². The molecule has 1 fully saturated rings. The molecule has 1 aromatic carbocycles. The molecule has 1 N–H and O–H groups in total. The van der Waals surface area contributed by atoms with Crippen molar-refractivity contribution in [1.29, 1.82) is 5.26 Å². The maximum Gasteiger partial charge on any atom is 0.0992 e. The molecule has 4 heteroatoms. The Morgan fingerprint density at radius 1 is 1.38 bits per heavy atom. The SMILES string of the molecule is CC(O)c1ccc(C#N)cc1N1CCC(CN(C)C)CC1. The van der Waals surface area contributed by atoms with E-state index in [0.29, 0.717) is 5.56 Å². The van der Waals surface area contributed by atoms with Crippen molar-refractivity contribution in [3.63, 3.8) is 0 Å². The summed E-state index contributed by atoms with van der Waals surface area (Å²) in [6.07, 6.45) is 1.81. The summed E-state index contributed by atoms with van der Waals surface area (Å²) >= 11 is 0. The summed E-state index contributed by atoms with van der Waals surface area (Å²) < 4.78 is 0. The highest BCUT2D eigenvalue weighted by Gasteiger charge is 2.22. The third-order valence-electron chi connectivity index (χ3n) is 4.19. The number of rotatable bonds is 4. The van der Waals surface area contributed by atoms with E-state index in [9.17, 15) is 5.11 Å². The third kappa shape index (κ3) is 3.96. The van der Waals surface area contributed by atoms with Crippen molar-refractivity contribution < 1.29 is 5.11 Å². The van der Waals surface area contributed by atoms with E-state index in [1.54, 1.807) is 13.0 Å². The first kappa shape index (κ1) is 15.8. The Morgan fingerprint density at radius 2 is 2.05 bits per heavy atom. The van der Waals surface area contributed by atoms with Gasteiger partial charge in [-0.15, -0.1) is 0 Å². The van der Waals surface area contributed by atoms with E-state index in [4.69, 9.17) is 5.26 Å². The number of benzene rings is 1. The van der Waals surface area contributed by atoms with Crippen LogP contribution >= 0.6 is 0 Å². The van der Waals surface area contributed by atoms with Crippen molar-refractivity contribution in [2.75, 3.05) is 38.6 Å². The smallest absolute Gasteiger partial charge is 0.0992 e. The zero-order chi connectivity index (χ0) is 15.4. The number of aliphatic hydroxyl groups is 1. The largest absolute Gasteiger partial charge is 0.389 e. The fourth-order valence-electron chi connectivity index (χ4n) is 3.11. The minimum Gasteiger partial charge on any atom is -0.389 e. The van der Waals surface area contributed by atoms with Gasteiger partial charge in [-0.3, -0.25) is 0 Å². The first-order valence-corrected chi connectivity index (χ1v) is 7.63. The van der Waals surface area contributed by atoms with E-state index in [-0.39, 0.29) is 0 Å². The lowest BCUT2D eigenvalue weighted by atomic mass is 9.94. The van der Waals surface area contributed by atoms with Gasteiger partial charge in [0.25, 0.3) is 0 Å². The zero-order valence-electron chi connectivity index (χ0n) is 13.2. The summed E-state index contributed by atoms with van der Waals surface area (Å²) in [7, 11) is 4.24. The van der Waals surface area contributed by atoms with Crippen LogP contribution in [0.4, 0.5) is 5.69 Å². The van der Waals surface area contributed by atoms with Gasteiger partial charge in [0.05, 0.1) is 17.7 Å². The van der Waals surface area contributed by atoms with E-state index in [1.807, 2.05) is 12.1 Å². The van der Waals surface area contributed by atoms with Crippen molar-refractivity contribution in [3.8, 4) is 6.07 Å². The first-order valence-electron chi connectivity index (χ1n) is 7.63. The zero-order valence-corrected chi connectivity index (χ0v) is 13.2. The predicted octanol–water partition coefficient (Wildman–Crippen LogP) is 2.39. The number of hydrogen-bond acceptors (Lipinski definition) is 4. The molecule has 1 heterocycles. The van der Waals surface area contributed by atoms with Crippen LogP contribution in [0, 0.1) is 17.2 Å². The average Bonchev–Trinajstić information content (AvgIpc) is 2.46. The molecule has 0 aromatic heterocycles. The Morgan fingerprint density at radius 3 is 2.57 bits per heavy atom. The number of nitriles is 1. The number of nitrogens with zero attached hydrogens (tertiary/aromatic N) is 3. The van der Waals surface area contributed by atoms with Crippen molar-refractivity contribution >= 4 is 5.69 Å². The number of aliphatic hydroxyl groups excluding tert-OH is 1. The second-order valence-corrected chi connectivity index (χ2v) is 6.25. The molecule has 1 aliphatic rings. The van der Waals surface area contributed by atoms with Gasteiger partial charge in [0.2, 0.25) is 0 Å². The predicted molar refractivity (Wildman–Crippen MR) is 85.3 cm³/mol. The lowest BCUT2D eigenvalue weighted by Gasteiger charge is -2.36. The molecular formula is C17H25N3O. The Kier molecular flexibility index (Phi) is 5.22. The molecule has 0 spiro atoms. The molecule has 1 aromatic rings. The highest BCUT2D eigenvalue weighted by atomic mass is 16.3. The van der Waals surface area contributed by atoms with Gasteiger partial charge in [-0.25, -0.2) is 0 Å². The molecule has 1 atom stereocenters. The van der Waals surface area contributed by atoms with E-state index in [2.05, 4.69) is 30.0 Å². The second kappa shape index (κ2) is 6.93. The summed E-state index contributed by atoms with van der Waals surface area (Å²) in [5, 5.41) is 19.0. The van der Waals surface area contributed by atoms with E-state index in [1.165, 1.54) is 0 Å². The monoisotopic (exact) mass is 287 g/mol. The lowest BCUT2D eigenvalue weighted by molar-refractivity contribution is 0.199. The molecule has 0 aliphatic carbocycles. The van der Waals surface area contributed by atoms with Gasteiger partial charge in [-0.05, 0) is 51.9 Å². The summed E-state index contributed by atoms with van der Waals surface area (Å²) in [6, 6.07) is 7.77. The van der Waals surface area contributed by atoms with Crippen LogP contribution in [0.1, 0.15) is 37.0 Å². The van der Waals surface area contributed by atoms with Gasteiger partial charge in [-0.2, -0.15) is 5.26 Å². The van der Waals surface area contributed by atoms with Gasteiger partial charge >= 0.3 is 0 Å². The van der Waals surface area contributed by atoms with Crippen molar-refractivity contribution in [3.05, 3.63) is 29.3 Å². The Bertz CT molecular complexity index is 511. The van der Waals surface area contributed by atoms with Crippen LogP contribution in [-0.4, -0.2) is 43.7 Å². The van der Waals surface area contributed by atoms with Gasteiger partial charge in [0.1, 0.15) is 0 Å². The van der Waals surface area contributed by atoms with E-state index >= 15 is 0 Å². The second-order valence-electron chi connectivity index (χ2n) is 6.25. The van der Waals surface area contributed by atoms with Crippen LogP contribution in [0.15, 0.2) is 18.2 Å². The van der Waals surface area contributed by atoms with E-state index < -0.39 is 6.10 Å². The summed E-state index contributed by atoms with van der Waals surface area (Å²) in [5.74, 6) is 0.741. The fraction of sp³-hybridized carbons (Fsp3) is 0.588. The molecule has 0 bridgehead atoms. The molecule has 1 aliphatic heterocycles. The molecule has 4 nitrogen and oxygen atoms in total. The van der Waals surface area contributed by atoms with Crippen molar-refractivity contribution in [2.24, 2.45) is 5.92 Å². The molecular weight excluding hydrogens is 262 g/mol. The average molecular weight is 287 g/mol. The van der Waals surface area contributed by atoms with Crippen LogP contribution in [0.25, 0.3) is 0 Å². The molecule has 21 heavy (non-hydrogen) atoms. The van der Waals surface area contributed by atoms with Crippen LogP contribution in [-0.2, 0) is 0 Å². The molecule has 0 amide bonds. The summed E-state index contributed by atoms with van der Waals surface area (Å²) in [4.78, 5) is 4.56. The van der Waals surface area contributed by atoms with Gasteiger partial charge in [-0.1, -0.05) is 6.07 Å². The molecule has 1 saturated heterocycles. The first-order chi connectivity index (χ1) is 10.0. The Balaban J connectivity index is 2.14. The van der Waals surface area contributed by atoms with Crippen LogP contribution < -0.4 is 4.90 Å². The number of hydrogen-bond donors (Lipinski definition) is 1. The normalized spacial score (nSPS) is 17.8. The Hall–Kier alpha value is -1.57. The highest BCUT2D eigenvalue weighted by molar-refractivity contribution is 5.58. The van der Waals surface area contributed by atoms with Crippen LogP contribution in [0.5, 0.6) is 0 Å². The minimum atomic E-state index is -0.507. The fourth-order valence-corrected chi connectivity index (χ4v) is 3.11. The molecule has 2 rings (SSSR count). The summed E-state index contributed by atoms with van der Waals surface area (Å²) in [5.41, 5.74) is 2.59. The van der Waals surface area contributed by atoms with E-state index in [0.717, 1.165) is 49.6 Å². The lowest BCUT2D eigenvalue weighted by Crippen LogP contribution is -2.37. The summed E-state index contributed by atoms with van der Waals surface area (Å²) in [6.45, 7) is 4.90. The molecule has 1 unspecified atom stereocenters. The van der Waals surface area contributed by atoms with Crippen molar-refractivity contribution in [2.45, 2.75) is 25.9 Å². The standard InChI is InChI=1S/C17H25N3O/c1-13(21)16-5-4-15(11-18)10-17(16)20-8-6-14(7-9-20)12-19(2)3/h4-5,10,13-14,21H,6-9,12H2,1-3H3. The Labute approximate surface area is 127 Å². The molecule has 0 radical (unpaired) electrons. The highest BCUT2D eigenvalue weighted by Crippen LogP contribution is 2.31. The number of piperidine rings is 1. The van der Waals surface area contributed by atoms with Crippen LogP contribution in [0.2, 0.25) is 0 Å². The van der Waals surface area contributed by atoms with Crippen LogP contribution in [0.3, 0.4) is 0 Å². The minimum absolute atomic E-state index is 0.507. The topological polar surface area (TPSA) is 50.5 Å². The maximum atomic E-state index is 9.95.